The first kappa shape index (κ1) is 12.8. The predicted octanol–water partition coefficient (Wildman–Crippen LogP) is 3.07. The van der Waals surface area contributed by atoms with E-state index >= 15 is 0 Å². The zero-order chi connectivity index (χ0) is 11.6. The number of pyridine rings is 1. The van der Waals surface area contributed by atoms with Crippen molar-refractivity contribution < 1.29 is 13.2 Å². The van der Waals surface area contributed by atoms with Crippen molar-refractivity contribution in [3.05, 3.63) is 32.7 Å². The molecule has 0 fully saturated rings. The quantitative estimate of drug-likeness (QED) is 0.753. The maximum absolute atomic E-state index is 12.1. The lowest BCUT2D eigenvalue weighted by Gasteiger charge is -2.10. The van der Waals surface area contributed by atoms with Gasteiger partial charge in [0, 0.05) is 21.6 Å². The largest absolute Gasteiger partial charge is 0.406 e. The fourth-order valence-corrected chi connectivity index (χ4v) is 1.99. The molecule has 1 aromatic heterocycles. The maximum Gasteiger partial charge on any atom is 0.406 e. The Labute approximate surface area is 100 Å². The van der Waals surface area contributed by atoms with E-state index in [0.29, 0.717) is 9.04 Å². The molecule has 0 bridgehead atoms. The Bertz CT molecular complexity index is 413. The van der Waals surface area contributed by atoms with Gasteiger partial charge in [-0.2, -0.15) is 13.2 Å². The van der Waals surface area contributed by atoms with Gasteiger partial charge in [-0.25, -0.2) is 0 Å². The summed E-state index contributed by atoms with van der Waals surface area (Å²) in [6.45, 7) is -1.27. The van der Waals surface area contributed by atoms with Crippen molar-refractivity contribution in [2.45, 2.75) is 18.1 Å². The van der Waals surface area contributed by atoms with Crippen molar-refractivity contribution in [3.8, 4) is 0 Å². The average Bonchev–Trinajstić information content (AvgIpc) is 2.08. The molecule has 1 heterocycles. The topological polar surface area (TPSA) is 22.0 Å². The van der Waals surface area contributed by atoms with Crippen molar-refractivity contribution in [3.63, 3.8) is 0 Å². The van der Waals surface area contributed by atoms with E-state index in [9.17, 15) is 18.0 Å². The van der Waals surface area contributed by atoms with Crippen molar-refractivity contribution in [1.29, 1.82) is 0 Å². The standard InChI is InChI=1S/C8H6Br2F3NO/c9-2-5-1-6(10)3-14(7(5)15)4-8(11,12)13/h1,3H,2,4H2. The molecule has 0 saturated carbocycles. The predicted molar refractivity (Wildman–Crippen MR) is 57.1 cm³/mol. The molecule has 0 aromatic carbocycles. The van der Waals surface area contributed by atoms with Crippen LogP contribution in [0.15, 0.2) is 21.5 Å². The smallest absolute Gasteiger partial charge is 0.305 e. The summed E-state index contributed by atoms with van der Waals surface area (Å²) in [7, 11) is 0. The van der Waals surface area contributed by atoms with Gasteiger partial charge in [0.15, 0.2) is 0 Å². The Hall–Kier alpha value is -0.300. The van der Waals surface area contributed by atoms with E-state index in [-0.39, 0.29) is 10.9 Å². The molecule has 15 heavy (non-hydrogen) atoms. The molecule has 7 heteroatoms. The van der Waals surface area contributed by atoms with Crippen molar-refractivity contribution in [1.82, 2.24) is 4.57 Å². The number of halogens is 5. The molecule has 0 spiro atoms. The zero-order valence-electron chi connectivity index (χ0n) is 7.31. The highest BCUT2D eigenvalue weighted by Crippen LogP contribution is 2.18. The monoisotopic (exact) mass is 347 g/mol. The molecule has 1 rings (SSSR count). The van der Waals surface area contributed by atoms with Crippen LogP contribution in [0.1, 0.15) is 5.56 Å². The van der Waals surface area contributed by atoms with E-state index in [1.54, 1.807) is 0 Å². The van der Waals surface area contributed by atoms with Crippen LogP contribution in [0.5, 0.6) is 0 Å². The highest BCUT2D eigenvalue weighted by Gasteiger charge is 2.28. The Morgan fingerprint density at radius 2 is 2.00 bits per heavy atom. The Balaban J connectivity index is 3.18. The third kappa shape index (κ3) is 3.64. The van der Waals surface area contributed by atoms with E-state index in [1.807, 2.05) is 0 Å². The minimum atomic E-state index is -4.39. The first-order valence-corrected chi connectivity index (χ1v) is 5.76. The molecule has 84 valence electrons. The second kappa shape index (κ2) is 4.69. The van der Waals surface area contributed by atoms with Gasteiger partial charge in [-0.3, -0.25) is 4.79 Å². The van der Waals surface area contributed by atoms with Gasteiger partial charge in [-0.1, -0.05) is 15.9 Å². The van der Waals surface area contributed by atoms with Crippen LogP contribution in [0.4, 0.5) is 13.2 Å². The minimum absolute atomic E-state index is 0.225. The van der Waals surface area contributed by atoms with Gasteiger partial charge in [0.1, 0.15) is 6.54 Å². The number of hydrogen-bond donors (Lipinski definition) is 0. The highest BCUT2D eigenvalue weighted by atomic mass is 79.9. The zero-order valence-corrected chi connectivity index (χ0v) is 10.5. The third-order valence-corrected chi connectivity index (χ3v) is 2.66. The number of nitrogens with zero attached hydrogens (tertiary/aromatic N) is 1. The van der Waals surface area contributed by atoms with Gasteiger partial charge in [-0.15, -0.1) is 0 Å². The van der Waals surface area contributed by atoms with Crippen LogP contribution in [-0.2, 0) is 11.9 Å². The summed E-state index contributed by atoms with van der Waals surface area (Å²) in [5, 5.41) is 0.225. The first-order valence-electron chi connectivity index (χ1n) is 3.85. The van der Waals surface area contributed by atoms with E-state index in [2.05, 4.69) is 31.9 Å². The molecular formula is C8H6Br2F3NO. The summed E-state index contributed by atoms with van der Waals surface area (Å²) in [6.07, 6.45) is -3.27. The van der Waals surface area contributed by atoms with E-state index in [1.165, 1.54) is 6.07 Å². The van der Waals surface area contributed by atoms with E-state index in [0.717, 1.165) is 6.20 Å². The lowest BCUT2D eigenvalue weighted by Crippen LogP contribution is -2.29. The molecule has 0 aliphatic heterocycles. The van der Waals surface area contributed by atoms with Crippen molar-refractivity contribution in [2.75, 3.05) is 0 Å². The summed E-state index contributed by atoms with van der Waals surface area (Å²) >= 11 is 6.09. The molecule has 2 nitrogen and oxygen atoms in total. The van der Waals surface area contributed by atoms with Gasteiger partial charge >= 0.3 is 6.18 Å². The van der Waals surface area contributed by atoms with Crippen molar-refractivity contribution in [2.24, 2.45) is 0 Å². The molecule has 0 radical (unpaired) electrons. The highest BCUT2D eigenvalue weighted by molar-refractivity contribution is 9.10. The number of aromatic nitrogens is 1. The summed E-state index contributed by atoms with van der Waals surface area (Å²) in [5.74, 6) is 0. The maximum atomic E-state index is 12.1. The fraction of sp³-hybridized carbons (Fsp3) is 0.375. The van der Waals surface area contributed by atoms with Crippen LogP contribution in [0.25, 0.3) is 0 Å². The Kier molecular flexibility index (Phi) is 3.99. The average molecular weight is 349 g/mol. The fourth-order valence-electron chi connectivity index (χ4n) is 1.06. The second-order valence-corrected chi connectivity index (χ2v) is 4.34. The molecule has 0 aliphatic carbocycles. The van der Waals surface area contributed by atoms with Gasteiger partial charge in [0.2, 0.25) is 0 Å². The lowest BCUT2D eigenvalue weighted by molar-refractivity contribution is -0.141. The summed E-state index contributed by atoms with van der Waals surface area (Å²) < 4.78 is 37.4. The second-order valence-electron chi connectivity index (χ2n) is 2.87. The van der Waals surface area contributed by atoms with Crippen LogP contribution < -0.4 is 5.56 Å². The molecule has 0 atom stereocenters. The Morgan fingerprint density at radius 3 is 2.47 bits per heavy atom. The number of alkyl halides is 4. The van der Waals surface area contributed by atoms with Crippen LogP contribution in [0.3, 0.4) is 0 Å². The molecular weight excluding hydrogens is 343 g/mol. The summed E-state index contributed by atoms with van der Waals surface area (Å²) in [4.78, 5) is 11.4. The number of hydrogen-bond acceptors (Lipinski definition) is 1. The van der Waals surface area contributed by atoms with Crippen LogP contribution in [-0.4, -0.2) is 10.7 Å². The normalized spacial score (nSPS) is 11.8. The lowest BCUT2D eigenvalue weighted by atomic mass is 10.3. The van der Waals surface area contributed by atoms with E-state index in [4.69, 9.17) is 0 Å². The number of rotatable bonds is 2. The van der Waals surface area contributed by atoms with Gasteiger partial charge in [0.05, 0.1) is 0 Å². The summed E-state index contributed by atoms with van der Waals surface area (Å²) in [5.41, 5.74) is -0.346. The molecule has 0 unspecified atom stereocenters. The summed E-state index contributed by atoms with van der Waals surface area (Å²) in [6, 6.07) is 1.49. The van der Waals surface area contributed by atoms with Crippen molar-refractivity contribution >= 4 is 31.9 Å². The van der Waals surface area contributed by atoms with Crippen LogP contribution in [0.2, 0.25) is 0 Å². The Morgan fingerprint density at radius 1 is 1.40 bits per heavy atom. The molecule has 0 aliphatic rings. The molecule has 1 aromatic rings. The van der Waals surface area contributed by atoms with Crippen LogP contribution >= 0.6 is 31.9 Å². The molecule has 0 saturated heterocycles. The molecule has 0 N–H and O–H groups in total. The van der Waals surface area contributed by atoms with Gasteiger partial charge in [0.25, 0.3) is 5.56 Å². The van der Waals surface area contributed by atoms with Gasteiger partial charge < -0.3 is 4.57 Å². The van der Waals surface area contributed by atoms with Crippen LogP contribution in [0, 0.1) is 0 Å². The van der Waals surface area contributed by atoms with Gasteiger partial charge in [-0.05, 0) is 22.0 Å². The van der Waals surface area contributed by atoms with E-state index < -0.39 is 18.3 Å². The third-order valence-electron chi connectivity index (χ3n) is 1.62. The minimum Gasteiger partial charge on any atom is -0.305 e. The first-order chi connectivity index (χ1) is 6.83. The SMILES string of the molecule is O=c1c(CBr)cc(Br)cn1CC(F)(F)F. The molecule has 0 amide bonds.